The van der Waals surface area contributed by atoms with Crippen LogP contribution in [0, 0.1) is 6.92 Å². The number of aryl methyl sites for hydroxylation is 1. The number of ether oxygens (including phenoxy) is 3. The minimum absolute atomic E-state index is 0.281. The number of nitrogens with zero attached hydrogens (tertiary/aromatic N) is 3. The van der Waals surface area contributed by atoms with Gasteiger partial charge in [-0.3, -0.25) is 4.79 Å². The quantitative estimate of drug-likeness (QED) is 0.242. The van der Waals surface area contributed by atoms with Crippen molar-refractivity contribution >= 4 is 40.8 Å². The number of hydrogen-bond acceptors (Lipinski definition) is 9. The molecule has 4 rings (SSSR count). The molecule has 10 nitrogen and oxygen atoms in total. The van der Waals surface area contributed by atoms with Crippen molar-refractivity contribution < 1.29 is 19.0 Å². The zero-order valence-corrected chi connectivity index (χ0v) is 21.5. The van der Waals surface area contributed by atoms with Gasteiger partial charge in [0.1, 0.15) is 23.3 Å². The molecule has 0 aliphatic rings. The monoisotopic (exact) mass is 512 g/mol. The third-order valence-corrected chi connectivity index (χ3v) is 5.30. The second-order valence-electron chi connectivity index (χ2n) is 8.01. The molecule has 2 aromatic carbocycles. The number of rotatable bonds is 10. The van der Waals surface area contributed by atoms with Gasteiger partial charge in [-0.25, -0.2) is 15.0 Å². The Labute approximate surface area is 220 Å². The second-order valence-corrected chi connectivity index (χ2v) is 8.01. The van der Waals surface area contributed by atoms with E-state index in [1.54, 1.807) is 56.8 Å². The molecule has 10 heteroatoms. The predicted molar refractivity (Wildman–Crippen MR) is 148 cm³/mol. The predicted octanol–water partition coefficient (Wildman–Crippen LogP) is 5.34. The van der Waals surface area contributed by atoms with Gasteiger partial charge >= 0.3 is 0 Å². The highest BCUT2D eigenvalue weighted by molar-refractivity contribution is 6.02. The van der Waals surface area contributed by atoms with Gasteiger partial charge in [0.2, 0.25) is 11.7 Å². The van der Waals surface area contributed by atoms with Crippen molar-refractivity contribution in [1.29, 1.82) is 0 Å². The molecule has 4 aromatic rings. The average molecular weight is 513 g/mol. The number of carbonyl (C=O) groups excluding carboxylic acids is 1. The van der Waals surface area contributed by atoms with Crippen LogP contribution in [0.25, 0.3) is 6.08 Å². The first-order chi connectivity index (χ1) is 18.5. The molecule has 3 N–H and O–H groups in total. The fraction of sp³-hybridized carbons (Fsp3) is 0.143. The Morgan fingerprint density at radius 3 is 2.05 bits per heavy atom. The van der Waals surface area contributed by atoms with Gasteiger partial charge in [-0.15, -0.1) is 0 Å². The van der Waals surface area contributed by atoms with Gasteiger partial charge in [0.25, 0.3) is 0 Å². The average Bonchev–Trinajstić information content (AvgIpc) is 2.92. The van der Waals surface area contributed by atoms with Crippen LogP contribution in [0.3, 0.4) is 0 Å². The molecule has 0 aliphatic heterocycles. The lowest BCUT2D eigenvalue weighted by atomic mass is 10.1. The zero-order valence-electron chi connectivity index (χ0n) is 21.5. The standard InChI is InChI=1S/C28H28N6O4/c1-18-30-25(17-26(31-18)34-24-7-5-6-14-29-24)32-20-9-11-21(12-10-20)33-27(35)13-8-19-15-22(36-2)28(38-4)23(16-19)37-3/h5-17H,1-4H3,(H,33,35)(H2,29,30,31,32,34)/b13-8+. The van der Waals surface area contributed by atoms with E-state index in [9.17, 15) is 4.79 Å². The summed E-state index contributed by atoms with van der Waals surface area (Å²) in [5.74, 6) is 3.77. The van der Waals surface area contributed by atoms with Crippen LogP contribution in [0.2, 0.25) is 0 Å². The number of methoxy groups -OCH3 is 3. The highest BCUT2D eigenvalue weighted by atomic mass is 16.5. The van der Waals surface area contributed by atoms with Crippen LogP contribution in [-0.4, -0.2) is 42.2 Å². The molecule has 2 aromatic heterocycles. The molecule has 2 heterocycles. The summed E-state index contributed by atoms with van der Waals surface area (Å²) in [6, 6.07) is 18.2. The molecule has 0 spiro atoms. The van der Waals surface area contributed by atoms with Gasteiger partial charge in [-0.1, -0.05) is 6.07 Å². The minimum atomic E-state index is -0.281. The Morgan fingerprint density at radius 2 is 1.45 bits per heavy atom. The number of anilines is 5. The summed E-state index contributed by atoms with van der Waals surface area (Å²) in [4.78, 5) is 25.6. The summed E-state index contributed by atoms with van der Waals surface area (Å²) >= 11 is 0. The van der Waals surface area contributed by atoms with Crippen molar-refractivity contribution in [3.05, 3.63) is 84.3 Å². The SMILES string of the molecule is COc1cc(/C=C/C(=O)Nc2ccc(Nc3cc(Nc4ccccn4)nc(C)n3)cc2)cc(OC)c1OC. The van der Waals surface area contributed by atoms with Crippen molar-refractivity contribution in [2.75, 3.05) is 37.3 Å². The van der Waals surface area contributed by atoms with Crippen molar-refractivity contribution in [2.24, 2.45) is 0 Å². The summed E-state index contributed by atoms with van der Waals surface area (Å²) in [6.45, 7) is 1.82. The van der Waals surface area contributed by atoms with Crippen molar-refractivity contribution in [2.45, 2.75) is 6.92 Å². The van der Waals surface area contributed by atoms with E-state index < -0.39 is 0 Å². The van der Waals surface area contributed by atoms with Gasteiger partial charge in [-0.05, 0) is 67.1 Å². The maximum absolute atomic E-state index is 12.5. The van der Waals surface area contributed by atoms with Crippen molar-refractivity contribution in [3.8, 4) is 17.2 Å². The smallest absolute Gasteiger partial charge is 0.248 e. The largest absolute Gasteiger partial charge is 0.493 e. The lowest BCUT2D eigenvalue weighted by Crippen LogP contribution is -2.07. The van der Waals surface area contributed by atoms with Crippen LogP contribution in [0.4, 0.5) is 28.8 Å². The van der Waals surface area contributed by atoms with Crippen molar-refractivity contribution in [1.82, 2.24) is 15.0 Å². The Morgan fingerprint density at radius 1 is 0.789 bits per heavy atom. The number of aromatic nitrogens is 3. The van der Waals surface area contributed by atoms with E-state index in [1.807, 2.05) is 37.3 Å². The number of amides is 1. The lowest BCUT2D eigenvalue weighted by Gasteiger charge is -2.12. The normalized spacial score (nSPS) is 10.6. The Kier molecular flexibility index (Phi) is 8.35. The Hall–Kier alpha value is -5.12. The van der Waals surface area contributed by atoms with Gasteiger partial charge in [0.15, 0.2) is 11.5 Å². The number of pyridine rings is 1. The fourth-order valence-electron chi connectivity index (χ4n) is 3.60. The van der Waals surface area contributed by atoms with Crippen molar-refractivity contribution in [3.63, 3.8) is 0 Å². The third kappa shape index (κ3) is 6.76. The summed E-state index contributed by atoms with van der Waals surface area (Å²) in [5.41, 5.74) is 2.18. The van der Waals surface area contributed by atoms with Crippen LogP contribution in [0.5, 0.6) is 17.2 Å². The molecule has 0 fully saturated rings. The molecular formula is C28H28N6O4. The van der Waals surface area contributed by atoms with Crippen LogP contribution in [0.15, 0.2) is 72.9 Å². The van der Waals surface area contributed by atoms with E-state index in [2.05, 4.69) is 30.9 Å². The summed E-state index contributed by atoms with van der Waals surface area (Å²) in [6.07, 6.45) is 4.81. The molecule has 0 aliphatic carbocycles. The maximum atomic E-state index is 12.5. The van der Waals surface area contributed by atoms with E-state index in [4.69, 9.17) is 14.2 Å². The molecule has 0 atom stereocenters. The molecule has 0 saturated heterocycles. The molecule has 38 heavy (non-hydrogen) atoms. The maximum Gasteiger partial charge on any atom is 0.248 e. The number of carbonyl (C=O) groups is 1. The van der Waals surface area contributed by atoms with Crippen LogP contribution < -0.4 is 30.2 Å². The Balaban J connectivity index is 1.39. The summed E-state index contributed by atoms with van der Waals surface area (Å²) in [7, 11) is 4.62. The molecule has 0 bridgehead atoms. The first kappa shape index (κ1) is 26.0. The summed E-state index contributed by atoms with van der Waals surface area (Å²) < 4.78 is 16.0. The lowest BCUT2D eigenvalue weighted by molar-refractivity contribution is -0.111. The number of nitrogens with one attached hydrogen (secondary N) is 3. The van der Waals surface area contributed by atoms with Crippen LogP contribution >= 0.6 is 0 Å². The van der Waals surface area contributed by atoms with E-state index in [1.165, 1.54) is 13.2 Å². The van der Waals surface area contributed by atoms with Crippen LogP contribution in [0.1, 0.15) is 11.4 Å². The highest BCUT2D eigenvalue weighted by Gasteiger charge is 2.12. The first-order valence-electron chi connectivity index (χ1n) is 11.7. The zero-order chi connectivity index (χ0) is 26.9. The molecule has 0 radical (unpaired) electrons. The van der Waals surface area contributed by atoms with E-state index in [-0.39, 0.29) is 5.91 Å². The van der Waals surface area contributed by atoms with Gasteiger partial charge in [0.05, 0.1) is 21.3 Å². The van der Waals surface area contributed by atoms with E-state index in [0.29, 0.717) is 46.2 Å². The van der Waals surface area contributed by atoms with Gasteiger partial charge in [0, 0.05) is 29.7 Å². The topological polar surface area (TPSA) is 120 Å². The second kappa shape index (κ2) is 12.2. The third-order valence-electron chi connectivity index (χ3n) is 5.30. The first-order valence-corrected chi connectivity index (χ1v) is 11.7. The van der Waals surface area contributed by atoms with E-state index in [0.717, 1.165) is 11.3 Å². The van der Waals surface area contributed by atoms with Gasteiger partial charge < -0.3 is 30.2 Å². The number of hydrogen-bond donors (Lipinski definition) is 3. The molecular weight excluding hydrogens is 484 g/mol. The van der Waals surface area contributed by atoms with E-state index >= 15 is 0 Å². The number of benzene rings is 2. The highest BCUT2D eigenvalue weighted by Crippen LogP contribution is 2.38. The molecule has 194 valence electrons. The van der Waals surface area contributed by atoms with Gasteiger partial charge in [-0.2, -0.15) is 0 Å². The molecule has 1 amide bonds. The fourth-order valence-corrected chi connectivity index (χ4v) is 3.60. The Bertz CT molecular complexity index is 1400. The molecule has 0 unspecified atom stereocenters. The molecule has 0 saturated carbocycles. The minimum Gasteiger partial charge on any atom is -0.493 e. The summed E-state index contributed by atoms with van der Waals surface area (Å²) in [5, 5.41) is 9.27. The van der Waals surface area contributed by atoms with Crippen LogP contribution in [-0.2, 0) is 4.79 Å².